The fraction of sp³-hybridized carbons (Fsp3) is 0.303. The number of allylic oxidation sites excluding steroid dienone is 5. The van der Waals surface area contributed by atoms with Crippen LogP contribution in [0.3, 0.4) is 0 Å². The summed E-state index contributed by atoms with van der Waals surface area (Å²) in [5.74, 6) is -0.577. The Bertz CT molecular complexity index is 1480. The lowest BCUT2D eigenvalue weighted by molar-refractivity contribution is -0.128. The summed E-state index contributed by atoms with van der Waals surface area (Å²) in [6, 6.07) is 5.84. The minimum Gasteiger partial charge on any atom is -0.350 e. The van der Waals surface area contributed by atoms with Crippen molar-refractivity contribution in [3.63, 3.8) is 0 Å². The number of nitrogens with one attached hydrogen (secondary N) is 1. The molecule has 2 aliphatic heterocycles. The van der Waals surface area contributed by atoms with Crippen molar-refractivity contribution < 1.29 is 13.6 Å². The number of carbonyl (C=O) groups is 1. The molecule has 1 fully saturated rings. The van der Waals surface area contributed by atoms with Crippen molar-refractivity contribution in [3.05, 3.63) is 108 Å². The molecule has 1 amide bonds. The Labute approximate surface area is 241 Å². The molecule has 0 saturated carbocycles. The Morgan fingerprint density at radius 2 is 1.95 bits per heavy atom. The Morgan fingerprint density at radius 1 is 1.20 bits per heavy atom. The molecule has 0 aliphatic carbocycles. The van der Waals surface area contributed by atoms with E-state index < -0.39 is 11.6 Å². The molecular formula is C33H37F2N5O. The molecule has 0 spiro atoms. The average molecular weight is 558 g/mol. The molecule has 0 bridgehead atoms. The van der Waals surface area contributed by atoms with Gasteiger partial charge in [0.25, 0.3) is 0 Å². The third-order valence-corrected chi connectivity index (χ3v) is 7.53. The monoisotopic (exact) mass is 557 g/mol. The highest BCUT2D eigenvalue weighted by Gasteiger charge is 2.32. The number of rotatable bonds is 3. The molecule has 1 aromatic carbocycles. The summed E-state index contributed by atoms with van der Waals surface area (Å²) in [6.07, 6.45) is 8.92. The van der Waals surface area contributed by atoms with Gasteiger partial charge in [-0.1, -0.05) is 50.4 Å². The minimum absolute atomic E-state index is 0.0718. The van der Waals surface area contributed by atoms with Crippen LogP contribution in [-0.2, 0) is 4.79 Å². The van der Waals surface area contributed by atoms with Crippen molar-refractivity contribution in [1.82, 2.24) is 14.8 Å². The van der Waals surface area contributed by atoms with E-state index in [4.69, 9.17) is 4.99 Å². The Hall–Kier alpha value is -4.33. The maximum absolute atomic E-state index is 16.0. The van der Waals surface area contributed by atoms with Gasteiger partial charge in [-0.25, -0.2) is 18.8 Å². The van der Waals surface area contributed by atoms with Crippen LogP contribution in [0.2, 0.25) is 0 Å². The van der Waals surface area contributed by atoms with E-state index in [1.165, 1.54) is 18.2 Å². The molecule has 1 N–H and O–H groups in total. The molecule has 41 heavy (non-hydrogen) atoms. The molecule has 2 aliphatic rings. The number of aryl methyl sites for hydroxylation is 1. The lowest BCUT2D eigenvalue weighted by Crippen LogP contribution is -2.55. The molecule has 1 saturated heterocycles. The maximum Gasteiger partial charge on any atom is 0.246 e. The van der Waals surface area contributed by atoms with Crippen LogP contribution < -0.4 is 5.32 Å². The number of nitrogens with zero attached hydrogens (tertiary/aromatic N) is 4. The molecule has 0 radical (unpaired) electrons. The van der Waals surface area contributed by atoms with E-state index in [9.17, 15) is 9.18 Å². The standard InChI is InChI=1S/C33H37F2N5O/c1-8-11-22(5)30-24(7)20(3)14-15-36-32-25(18-27(35)31(37-32)29-21(4)12-10-13-26(29)34)33(38-30)40-17-16-39(19-23(40)6)28(41)9-2/h8-15,18,20,23H,2,7,16-17,19H2,1,3-6H3,(H,36,37)/b11-8-,15-14-,30-22+,38-33?. The quantitative estimate of drug-likeness (QED) is 0.423. The molecule has 2 atom stereocenters. The predicted molar refractivity (Wildman–Crippen MR) is 162 cm³/mol. The Morgan fingerprint density at radius 3 is 2.61 bits per heavy atom. The molecule has 8 heteroatoms. The van der Waals surface area contributed by atoms with Gasteiger partial charge >= 0.3 is 0 Å². The van der Waals surface area contributed by atoms with Crippen LogP contribution in [0.1, 0.15) is 38.8 Å². The number of fused-ring (bicyclic) bond motifs is 1. The molecule has 214 valence electrons. The SMILES string of the molecule is C=CC(=O)N1CCN(C2=N/C(=C(C)/C=C\C)C(=C)C(C)/C=C\Nc3nc(-c4c(C)cccc4F)c(F)cc32)C(C)C1. The number of hydrogen-bond acceptors (Lipinski definition) is 5. The zero-order chi connectivity index (χ0) is 29.8. The molecule has 1 aromatic heterocycles. The van der Waals surface area contributed by atoms with Gasteiger partial charge in [0.2, 0.25) is 5.91 Å². The number of amidine groups is 1. The van der Waals surface area contributed by atoms with Crippen molar-refractivity contribution in [2.24, 2.45) is 10.9 Å². The summed E-state index contributed by atoms with van der Waals surface area (Å²) in [7, 11) is 0. The highest BCUT2D eigenvalue weighted by atomic mass is 19.1. The second-order valence-corrected chi connectivity index (χ2v) is 10.5. The summed E-state index contributed by atoms with van der Waals surface area (Å²) < 4.78 is 30.9. The van der Waals surface area contributed by atoms with Gasteiger partial charge in [0.1, 0.15) is 29.0 Å². The molecular weight excluding hydrogens is 520 g/mol. The Balaban J connectivity index is 1.99. The van der Waals surface area contributed by atoms with Crippen LogP contribution in [0.25, 0.3) is 11.3 Å². The fourth-order valence-electron chi connectivity index (χ4n) is 5.21. The number of pyridine rings is 1. The van der Waals surface area contributed by atoms with Gasteiger partial charge in [-0.2, -0.15) is 0 Å². The molecule has 2 unspecified atom stereocenters. The average Bonchev–Trinajstić information content (AvgIpc) is 2.94. The number of aliphatic imine (C=N–C) groups is 1. The van der Waals surface area contributed by atoms with Crippen LogP contribution in [0.15, 0.2) is 89.8 Å². The zero-order valence-corrected chi connectivity index (χ0v) is 24.3. The topological polar surface area (TPSA) is 60.8 Å². The fourth-order valence-corrected chi connectivity index (χ4v) is 5.21. The summed E-state index contributed by atoms with van der Waals surface area (Å²) in [5.41, 5.74) is 3.44. The van der Waals surface area contributed by atoms with E-state index in [-0.39, 0.29) is 29.1 Å². The lowest BCUT2D eigenvalue weighted by Gasteiger charge is -2.41. The van der Waals surface area contributed by atoms with Crippen LogP contribution in [-0.4, -0.2) is 52.2 Å². The Kier molecular flexibility index (Phi) is 9.01. The van der Waals surface area contributed by atoms with Crippen molar-refractivity contribution in [2.45, 2.75) is 40.7 Å². The number of benzene rings is 1. The van der Waals surface area contributed by atoms with E-state index in [2.05, 4.69) is 28.4 Å². The van der Waals surface area contributed by atoms with E-state index >= 15 is 4.39 Å². The van der Waals surface area contributed by atoms with Gasteiger partial charge in [0.15, 0.2) is 0 Å². The summed E-state index contributed by atoms with van der Waals surface area (Å²) in [6.45, 7) is 19.0. The number of amides is 1. The number of carbonyl (C=O) groups excluding carboxylic acids is 1. The number of halogens is 2. The van der Waals surface area contributed by atoms with Gasteiger partial charge < -0.3 is 15.1 Å². The first kappa shape index (κ1) is 29.6. The number of piperazine rings is 1. The van der Waals surface area contributed by atoms with Crippen molar-refractivity contribution >= 4 is 17.6 Å². The number of hydrogen-bond donors (Lipinski definition) is 1. The van der Waals surface area contributed by atoms with Crippen LogP contribution in [0, 0.1) is 24.5 Å². The highest BCUT2D eigenvalue weighted by molar-refractivity contribution is 6.04. The van der Waals surface area contributed by atoms with Gasteiger partial charge in [-0.05, 0) is 68.8 Å². The van der Waals surface area contributed by atoms with Crippen LogP contribution in [0.5, 0.6) is 0 Å². The first-order valence-corrected chi connectivity index (χ1v) is 13.8. The maximum atomic E-state index is 16.0. The highest BCUT2D eigenvalue weighted by Crippen LogP contribution is 2.34. The smallest absolute Gasteiger partial charge is 0.246 e. The number of aromatic nitrogens is 1. The van der Waals surface area contributed by atoms with Crippen molar-refractivity contribution in [1.29, 1.82) is 0 Å². The van der Waals surface area contributed by atoms with Crippen LogP contribution in [0.4, 0.5) is 14.6 Å². The summed E-state index contributed by atoms with van der Waals surface area (Å²) in [4.78, 5) is 26.0. The first-order valence-electron chi connectivity index (χ1n) is 13.8. The summed E-state index contributed by atoms with van der Waals surface area (Å²) in [5, 5.41) is 3.21. The molecule has 3 heterocycles. The molecule has 4 rings (SSSR count). The van der Waals surface area contributed by atoms with Gasteiger partial charge in [-0.15, -0.1) is 0 Å². The first-order chi connectivity index (χ1) is 19.6. The third kappa shape index (κ3) is 6.06. The molecule has 6 nitrogen and oxygen atoms in total. The normalized spacial score (nSPS) is 21.6. The second-order valence-electron chi connectivity index (χ2n) is 10.5. The lowest BCUT2D eigenvalue weighted by atomic mass is 9.96. The van der Waals surface area contributed by atoms with Crippen molar-refractivity contribution in [3.8, 4) is 11.3 Å². The zero-order valence-electron chi connectivity index (χ0n) is 24.3. The summed E-state index contributed by atoms with van der Waals surface area (Å²) >= 11 is 0. The number of anilines is 1. The minimum atomic E-state index is -0.663. The van der Waals surface area contributed by atoms with Gasteiger partial charge in [-0.3, -0.25) is 4.79 Å². The molecule has 2 aromatic rings. The van der Waals surface area contributed by atoms with Crippen LogP contribution >= 0.6 is 0 Å². The second kappa shape index (κ2) is 12.5. The van der Waals surface area contributed by atoms with E-state index in [0.717, 1.165) is 11.1 Å². The predicted octanol–water partition coefficient (Wildman–Crippen LogP) is 6.78. The van der Waals surface area contributed by atoms with Gasteiger partial charge in [0, 0.05) is 37.2 Å². The largest absolute Gasteiger partial charge is 0.350 e. The van der Waals surface area contributed by atoms with E-state index in [1.807, 2.05) is 45.9 Å². The van der Waals surface area contributed by atoms with Gasteiger partial charge in [0.05, 0.1) is 11.3 Å². The van der Waals surface area contributed by atoms with E-state index in [0.29, 0.717) is 48.1 Å². The van der Waals surface area contributed by atoms with Crippen molar-refractivity contribution in [2.75, 3.05) is 25.0 Å². The third-order valence-electron chi connectivity index (χ3n) is 7.53. The van der Waals surface area contributed by atoms with E-state index in [1.54, 1.807) is 30.2 Å².